The van der Waals surface area contributed by atoms with Crippen LogP contribution in [0, 0.1) is 0 Å². The van der Waals surface area contributed by atoms with Crippen LogP contribution in [-0.4, -0.2) is 22.0 Å². The van der Waals surface area contributed by atoms with E-state index in [9.17, 15) is 9.59 Å². The number of carbonyl (C=O) groups excluding carboxylic acids is 2. The third kappa shape index (κ3) is 5.81. The smallest absolute Gasteiger partial charge is 0.237 e. The average molecular weight is 460 g/mol. The molecule has 7 heteroatoms. The molecule has 0 saturated heterocycles. The number of hydrogen-bond acceptors (Lipinski definition) is 5. The number of carbonyl (C=O) groups is 2. The fourth-order valence-corrected chi connectivity index (χ4v) is 4.22. The molecule has 6 nitrogen and oxygen atoms in total. The van der Waals surface area contributed by atoms with Crippen LogP contribution in [0.25, 0.3) is 22.6 Å². The zero-order chi connectivity index (χ0) is 23.2. The lowest BCUT2D eigenvalue weighted by molar-refractivity contribution is -0.116. The molecule has 0 aliphatic rings. The lowest BCUT2D eigenvalue weighted by Crippen LogP contribution is -2.22. The van der Waals surface area contributed by atoms with Gasteiger partial charge in [-0.25, -0.2) is 4.98 Å². The van der Waals surface area contributed by atoms with Crippen LogP contribution in [0.1, 0.15) is 26.7 Å². The number of thioether (sulfide) groups is 1. The Bertz CT molecular complexity index is 1230. The Balaban J connectivity index is 1.36. The van der Waals surface area contributed by atoms with Crippen molar-refractivity contribution in [2.24, 2.45) is 0 Å². The van der Waals surface area contributed by atoms with Crippen molar-refractivity contribution in [2.45, 2.75) is 36.8 Å². The van der Waals surface area contributed by atoms with E-state index in [0.29, 0.717) is 18.0 Å². The van der Waals surface area contributed by atoms with Crippen LogP contribution in [0.4, 0.5) is 11.4 Å². The Morgan fingerprint density at radius 3 is 2.52 bits per heavy atom. The molecular weight excluding hydrogens is 434 g/mol. The predicted octanol–water partition coefficient (Wildman–Crippen LogP) is 6.35. The molecule has 1 unspecified atom stereocenters. The highest BCUT2D eigenvalue weighted by atomic mass is 32.2. The van der Waals surface area contributed by atoms with Crippen molar-refractivity contribution in [3.8, 4) is 11.5 Å². The van der Waals surface area contributed by atoms with Gasteiger partial charge in [0, 0.05) is 28.3 Å². The van der Waals surface area contributed by atoms with Gasteiger partial charge in [0.05, 0.1) is 5.25 Å². The van der Waals surface area contributed by atoms with Crippen molar-refractivity contribution in [3.63, 3.8) is 0 Å². The molecule has 1 aromatic heterocycles. The van der Waals surface area contributed by atoms with Gasteiger partial charge in [-0.3, -0.25) is 9.59 Å². The molecule has 33 heavy (non-hydrogen) atoms. The molecule has 0 aliphatic carbocycles. The van der Waals surface area contributed by atoms with Gasteiger partial charge < -0.3 is 15.1 Å². The second kappa shape index (κ2) is 10.4. The minimum Gasteiger partial charge on any atom is -0.436 e. The van der Waals surface area contributed by atoms with Crippen LogP contribution < -0.4 is 10.6 Å². The number of para-hydroxylation sites is 2. The van der Waals surface area contributed by atoms with Crippen molar-refractivity contribution < 1.29 is 14.0 Å². The largest absolute Gasteiger partial charge is 0.436 e. The maximum absolute atomic E-state index is 12.7. The molecule has 2 N–H and O–H groups in total. The number of oxazole rings is 1. The summed E-state index contributed by atoms with van der Waals surface area (Å²) in [4.78, 5) is 29.9. The van der Waals surface area contributed by atoms with Gasteiger partial charge in [0.15, 0.2) is 5.58 Å². The van der Waals surface area contributed by atoms with Gasteiger partial charge in [0.25, 0.3) is 0 Å². The Kier molecular flexibility index (Phi) is 7.10. The Morgan fingerprint density at radius 2 is 1.76 bits per heavy atom. The molecule has 0 aliphatic heterocycles. The molecule has 3 aromatic carbocycles. The molecule has 0 radical (unpaired) electrons. The molecular formula is C26H25N3O3S. The monoisotopic (exact) mass is 459 g/mol. The first-order valence-corrected chi connectivity index (χ1v) is 11.7. The highest BCUT2D eigenvalue weighted by molar-refractivity contribution is 8.00. The molecule has 2 amide bonds. The van der Waals surface area contributed by atoms with Crippen molar-refractivity contribution >= 4 is 46.1 Å². The topological polar surface area (TPSA) is 84.2 Å². The fraction of sp³-hybridized carbons (Fsp3) is 0.192. The van der Waals surface area contributed by atoms with Crippen molar-refractivity contribution in [2.75, 3.05) is 10.6 Å². The zero-order valence-corrected chi connectivity index (χ0v) is 19.3. The first-order valence-electron chi connectivity index (χ1n) is 10.9. The molecule has 0 spiro atoms. The number of hydrogen-bond donors (Lipinski definition) is 2. The van der Waals surface area contributed by atoms with E-state index in [0.717, 1.165) is 33.7 Å². The highest BCUT2D eigenvalue weighted by Gasteiger charge is 2.16. The van der Waals surface area contributed by atoms with Crippen molar-refractivity contribution in [1.82, 2.24) is 4.98 Å². The van der Waals surface area contributed by atoms with E-state index in [1.807, 2.05) is 86.6 Å². The van der Waals surface area contributed by atoms with Crippen LogP contribution >= 0.6 is 11.8 Å². The summed E-state index contributed by atoms with van der Waals surface area (Å²) >= 11 is 1.44. The van der Waals surface area contributed by atoms with E-state index in [4.69, 9.17) is 4.42 Å². The summed E-state index contributed by atoms with van der Waals surface area (Å²) in [5.41, 5.74) is 3.83. The highest BCUT2D eigenvalue weighted by Crippen LogP contribution is 2.28. The van der Waals surface area contributed by atoms with Crippen molar-refractivity contribution in [1.29, 1.82) is 0 Å². The fourth-order valence-electron chi connectivity index (χ4n) is 3.29. The molecule has 1 heterocycles. The molecule has 4 rings (SSSR count). The van der Waals surface area contributed by atoms with Crippen molar-refractivity contribution in [3.05, 3.63) is 72.8 Å². The molecule has 0 fully saturated rings. The van der Waals surface area contributed by atoms with Crippen LogP contribution in [0.3, 0.4) is 0 Å². The third-order valence-corrected chi connectivity index (χ3v) is 6.06. The Morgan fingerprint density at radius 1 is 0.970 bits per heavy atom. The zero-order valence-electron chi connectivity index (χ0n) is 18.5. The summed E-state index contributed by atoms with van der Waals surface area (Å²) in [6.07, 6.45) is 1.29. The van der Waals surface area contributed by atoms with Crippen LogP contribution in [0.2, 0.25) is 0 Å². The molecule has 0 bridgehead atoms. The van der Waals surface area contributed by atoms with Gasteiger partial charge >= 0.3 is 0 Å². The van der Waals surface area contributed by atoms with E-state index in [2.05, 4.69) is 15.6 Å². The van der Waals surface area contributed by atoms with Gasteiger partial charge in [0.2, 0.25) is 17.7 Å². The minimum atomic E-state index is -0.316. The summed E-state index contributed by atoms with van der Waals surface area (Å²) in [5.74, 6) is 0.436. The number of nitrogens with one attached hydrogen (secondary N) is 2. The first-order chi connectivity index (χ1) is 16.0. The second-order valence-corrected chi connectivity index (χ2v) is 9.05. The van der Waals surface area contributed by atoms with Gasteiger partial charge in [-0.1, -0.05) is 25.1 Å². The quantitative estimate of drug-likeness (QED) is 0.300. The number of anilines is 2. The number of benzene rings is 3. The average Bonchev–Trinajstić information content (AvgIpc) is 3.24. The number of aromatic nitrogens is 1. The van der Waals surface area contributed by atoms with E-state index in [1.165, 1.54) is 11.8 Å². The lowest BCUT2D eigenvalue weighted by atomic mass is 10.2. The van der Waals surface area contributed by atoms with Crippen LogP contribution in [-0.2, 0) is 9.59 Å². The maximum Gasteiger partial charge on any atom is 0.237 e. The number of rotatable bonds is 8. The maximum atomic E-state index is 12.7. The van der Waals surface area contributed by atoms with E-state index in [1.54, 1.807) is 0 Å². The third-order valence-electron chi connectivity index (χ3n) is 4.97. The normalized spacial score (nSPS) is 11.8. The Labute approximate surface area is 196 Å². The SMILES string of the molecule is CCCC(=O)Nc1cccc(SC(C)C(=O)Nc2ccc(-c3nc4ccccc4o3)cc2)c1. The van der Waals surface area contributed by atoms with Gasteiger partial charge in [-0.15, -0.1) is 11.8 Å². The summed E-state index contributed by atoms with van der Waals surface area (Å²) < 4.78 is 5.80. The number of amides is 2. The molecule has 1 atom stereocenters. The summed E-state index contributed by atoms with van der Waals surface area (Å²) in [5, 5.41) is 5.52. The van der Waals surface area contributed by atoms with Crippen LogP contribution in [0.5, 0.6) is 0 Å². The van der Waals surface area contributed by atoms with Gasteiger partial charge in [0.1, 0.15) is 5.52 Å². The molecule has 168 valence electrons. The van der Waals surface area contributed by atoms with Gasteiger partial charge in [-0.2, -0.15) is 0 Å². The lowest BCUT2D eigenvalue weighted by Gasteiger charge is -2.13. The number of nitrogens with zero attached hydrogens (tertiary/aromatic N) is 1. The predicted molar refractivity (Wildman–Crippen MR) is 133 cm³/mol. The second-order valence-electron chi connectivity index (χ2n) is 7.64. The molecule has 4 aromatic rings. The van der Waals surface area contributed by atoms with E-state index >= 15 is 0 Å². The summed E-state index contributed by atoms with van der Waals surface area (Å²) in [6, 6.07) is 22.6. The minimum absolute atomic E-state index is 0.00765. The summed E-state index contributed by atoms with van der Waals surface area (Å²) in [6.45, 7) is 3.82. The standard InChI is InChI=1S/C26H25N3O3S/c1-3-7-24(30)27-20-8-6-9-21(16-20)33-17(2)25(31)28-19-14-12-18(13-15-19)26-29-22-10-4-5-11-23(22)32-26/h4-6,8-17H,3,7H2,1-2H3,(H,27,30)(H,28,31). The number of fused-ring (bicyclic) bond motifs is 1. The summed E-state index contributed by atoms with van der Waals surface area (Å²) in [7, 11) is 0. The Hall–Kier alpha value is -3.58. The van der Waals surface area contributed by atoms with Gasteiger partial charge in [-0.05, 0) is 67.9 Å². The first kappa shape index (κ1) is 22.6. The molecule has 0 saturated carbocycles. The van der Waals surface area contributed by atoms with Crippen LogP contribution in [0.15, 0.2) is 82.1 Å². The van der Waals surface area contributed by atoms with E-state index < -0.39 is 0 Å². The van der Waals surface area contributed by atoms with E-state index in [-0.39, 0.29) is 17.1 Å².